The molecule has 0 spiro atoms. The zero-order valence-electron chi connectivity index (χ0n) is 13.4. The van der Waals surface area contributed by atoms with Crippen molar-refractivity contribution in [3.63, 3.8) is 0 Å². The van der Waals surface area contributed by atoms with E-state index in [9.17, 15) is 4.79 Å². The lowest BCUT2D eigenvalue weighted by Gasteiger charge is -2.37. The van der Waals surface area contributed by atoms with Crippen LogP contribution in [0.25, 0.3) is 0 Å². The molecule has 4 heterocycles. The Morgan fingerprint density at radius 3 is 2.76 bits per heavy atom. The summed E-state index contributed by atoms with van der Waals surface area (Å²) >= 11 is 5.88. The van der Waals surface area contributed by atoms with Crippen LogP contribution in [0.2, 0.25) is 5.02 Å². The molecule has 1 amide bonds. The van der Waals surface area contributed by atoms with Crippen LogP contribution in [0.3, 0.4) is 0 Å². The maximum absolute atomic E-state index is 12.9. The second kappa shape index (κ2) is 6.90. The summed E-state index contributed by atoms with van der Waals surface area (Å²) in [6, 6.07) is 3.73. The Morgan fingerprint density at radius 1 is 1.24 bits per heavy atom. The molecule has 2 aliphatic rings. The first-order valence-electron chi connectivity index (χ1n) is 8.08. The molecule has 25 heavy (non-hydrogen) atoms. The van der Waals surface area contributed by atoms with E-state index in [2.05, 4.69) is 36.3 Å². The van der Waals surface area contributed by atoms with E-state index in [1.807, 2.05) is 17.0 Å². The second-order valence-corrected chi connectivity index (χ2v) is 6.45. The van der Waals surface area contributed by atoms with Crippen molar-refractivity contribution in [2.45, 2.75) is 6.17 Å². The van der Waals surface area contributed by atoms with Gasteiger partial charge >= 0.3 is 0 Å². The number of hydrogen-bond donors (Lipinski definition) is 2. The third-order valence-corrected chi connectivity index (χ3v) is 4.77. The number of halogens is 1. The molecule has 2 N–H and O–H groups in total. The van der Waals surface area contributed by atoms with Gasteiger partial charge in [-0.2, -0.15) is 0 Å². The monoisotopic (exact) mass is 363 g/mol. The minimum Gasteiger partial charge on any atom is -0.353 e. The number of amides is 1. The van der Waals surface area contributed by atoms with Crippen LogP contribution in [0.4, 0.5) is 5.82 Å². The summed E-state index contributed by atoms with van der Waals surface area (Å²) in [6.45, 7) is 3.33. The maximum atomic E-state index is 12.9. The molecule has 0 aromatic carbocycles. The van der Waals surface area contributed by atoms with E-state index in [0.717, 1.165) is 18.9 Å². The predicted octanol–water partition coefficient (Wildman–Crippen LogP) is -0.707. The van der Waals surface area contributed by atoms with Gasteiger partial charge in [-0.05, 0) is 22.6 Å². The van der Waals surface area contributed by atoms with Crippen LogP contribution >= 0.6 is 11.6 Å². The van der Waals surface area contributed by atoms with Crippen molar-refractivity contribution in [1.29, 1.82) is 0 Å². The van der Waals surface area contributed by atoms with Gasteiger partial charge < -0.3 is 9.80 Å². The van der Waals surface area contributed by atoms with Gasteiger partial charge in [0.05, 0.1) is 10.9 Å². The van der Waals surface area contributed by atoms with Crippen molar-refractivity contribution in [2.75, 3.05) is 37.6 Å². The van der Waals surface area contributed by atoms with Gasteiger partial charge in [0.2, 0.25) is 5.91 Å². The van der Waals surface area contributed by atoms with Gasteiger partial charge in [-0.1, -0.05) is 11.6 Å². The zero-order chi connectivity index (χ0) is 17.2. The molecule has 132 valence electrons. The Labute approximate surface area is 149 Å². The summed E-state index contributed by atoms with van der Waals surface area (Å²) in [5.41, 5.74) is 6.08. The Morgan fingerprint density at radius 2 is 2.08 bits per heavy atom. The third-order valence-electron chi connectivity index (χ3n) is 4.55. The summed E-state index contributed by atoms with van der Waals surface area (Å²) in [7, 11) is 0. The maximum Gasteiger partial charge on any atom is 0.230 e. The SMILES string of the molecule is O=C(C1CNNC1n1cnnn1)N1CCN(c2ccc(Cl)cn2)CC1. The van der Waals surface area contributed by atoms with E-state index < -0.39 is 0 Å². The largest absolute Gasteiger partial charge is 0.353 e. The number of anilines is 1. The molecule has 2 aliphatic heterocycles. The molecule has 2 atom stereocenters. The average molecular weight is 364 g/mol. The molecule has 2 aromatic rings. The first kappa shape index (κ1) is 16.2. The lowest BCUT2D eigenvalue weighted by atomic mass is 10.1. The smallest absolute Gasteiger partial charge is 0.230 e. The first-order valence-corrected chi connectivity index (χ1v) is 8.46. The van der Waals surface area contributed by atoms with Gasteiger partial charge in [0.15, 0.2) is 0 Å². The van der Waals surface area contributed by atoms with Crippen molar-refractivity contribution in [3.8, 4) is 0 Å². The number of hydrazine groups is 1. The van der Waals surface area contributed by atoms with Crippen LogP contribution in [-0.4, -0.2) is 68.7 Å². The Kier molecular flexibility index (Phi) is 4.47. The molecule has 0 saturated carbocycles. The third kappa shape index (κ3) is 3.28. The summed E-state index contributed by atoms with van der Waals surface area (Å²) in [5.74, 6) is 0.734. The quantitative estimate of drug-likeness (QED) is 0.737. The van der Waals surface area contributed by atoms with Crippen LogP contribution < -0.4 is 15.8 Å². The number of piperazine rings is 1. The molecule has 0 aliphatic carbocycles. The van der Waals surface area contributed by atoms with Gasteiger partial charge in [-0.3, -0.25) is 10.2 Å². The Bertz CT molecular complexity index is 714. The number of nitrogens with zero attached hydrogens (tertiary/aromatic N) is 7. The summed E-state index contributed by atoms with van der Waals surface area (Å²) in [5, 5.41) is 11.8. The summed E-state index contributed by atoms with van der Waals surface area (Å²) in [6.07, 6.45) is 2.87. The molecule has 2 saturated heterocycles. The molecule has 2 unspecified atom stereocenters. The van der Waals surface area contributed by atoms with Crippen LogP contribution in [0.5, 0.6) is 0 Å². The summed E-state index contributed by atoms with van der Waals surface area (Å²) < 4.78 is 1.57. The highest BCUT2D eigenvalue weighted by Crippen LogP contribution is 2.22. The number of pyridine rings is 1. The number of tetrazole rings is 1. The normalized spacial score (nSPS) is 23.9. The molecule has 2 fully saturated rings. The minimum absolute atomic E-state index is 0.0988. The van der Waals surface area contributed by atoms with Crippen molar-refractivity contribution in [3.05, 3.63) is 29.7 Å². The van der Waals surface area contributed by atoms with Crippen LogP contribution in [0.15, 0.2) is 24.7 Å². The van der Waals surface area contributed by atoms with E-state index in [1.54, 1.807) is 10.9 Å². The van der Waals surface area contributed by atoms with Crippen molar-refractivity contribution < 1.29 is 4.79 Å². The standard InChI is InChI=1S/C14H18ClN9O/c15-10-1-2-12(16-7-10)22-3-5-23(6-4-22)14(25)11-8-17-19-13(11)24-9-18-20-21-24/h1-2,7,9,11,13,17,19H,3-6,8H2. The number of hydrogen-bond acceptors (Lipinski definition) is 8. The first-order chi connectivity index (χ1) is 12.2. The lowest BCUT2D eigenvalue weighted by Crippen LogP contribution is -2.51. The fraction of sp³-hybridized carbons (Fsp3) is 0.500. The van der Waals surface area contributed by atoms with E-state index in [0.29, 0.717) is 24.7 Å². The highest BCUT2D eigenvalue weighted by molar-refractivity contribution is 6.30. The van der Waals surface area contributed by atoms with Crippen molar-refractivity contribution in [1.82, 2.24) is 40.9 Å². The Hall–Kier alpha value is -2.30. The van der Waals surface area contributed by atoms with Crippen molar-refractivity contribution in [2.24, 2.45) is 5.92 Å². The zero-order valence-corrected chi connectivity index (χ0v) is 14.2. The average Bonchev–Trinajstić information content (AvgIpc) is 3.33. The highest BCUT2D eigenvalue weighted by atomic mass is 35.5. The number of nitrogens with one attached hydrogen (secondary N) is 2. The topological polar surface area (TPSA) is 104 Å². The van der Waals surface area contributed by atoms with Crippen LogP contribution in [0, 0.1) is 5.92 Å². The second-order valence-electron chi connectivity index (χ2n) is 6.01. The fourth-order valence-electron chi connectivity index (χ4n) is 3.20. The molecular formula is C14H18ClN9O. The van der Waals surface area contributed by atoms with E-state index in [1.165, 1.54) is 6.33 Å². The Balaban J connectivity index is 1.38. The van der Waals surface area contributed by atoms with Crippen LogP contribution in [-0.2, 0) is 4.79 Å². The molecular weight excluding hydrogens is 346 g/mol. The molecule has 10 nitrogen and oxygen atoms in total. The number of carbonyl (C=O) groups excluding carboxylic acids is 1. The molecule has 0 bridgehead atoms. The van der Waals surface area contributed by atoms with Gasteiger partial charge in [0.1, 0.15) is 18.3 Å². The van der Waals surface area contributed by atoms with Crippen LogP contribution in [0.1, 0.15) is 6.17 Å². The minimum atomic E-state index is -0.279. The number of carbonyl (C=O) groups is 1. The van der Waals surface area contributed by atoms with Gasteiger partial charge in [0.25, 0.3) is 0 Å². The van der Waals surface area contributed by atoms with E-state index in [4.69, 9.17) is 11.6 Å². The van der Waals surface area contributed by atoms with Gasteiger partial charge in [0, 0.05) is 38.9 Å². The molecule has 0 radical (unpaired) electrons. The van der Waals surface area contributed by atoms with Gasteiger partial charge in [-0.15, -0.1) is 5.10 Å². The van der Waals surface area contributed by atoms with E-state index in [-0.39, 0.29) is 18.0 Å². The lowest BCUT2D eigenvalue weighted by molar-refractivity contribution is -0.136. The number of aromatic nitrogens is 5. The van der Waals surface area contributed by atoms with E-state index >= 15 is 0 Å². The molecule has 11 heteroatoms. The summed E-state index contributed by atoms with van der Waals surface area (Å²) in [4.78, 5) is 21.3. The molecule has 2 aromatic heterocycles. The molecule has 4 rings (SSSR count). The van der Waals surface area contributed by atoms with Gasteiger partial charge in [-0.25, -0.2) is 15.1 Å². The van der Waals surface area contributed by atoms with Crippen molar-refractivity contribution >= 4 is 23.3 Å². The predicted molar refractivity (Wildman–Crippen MR) is 89.5 cm³/mol. The fourth-order valence-corrected chi connectivity index (χ4v) is 3.31. The number of rotatable bonds is 3. The highest BCUT2D eigenvalue weighted by Gasteiger charge is 2.38.